The number of amides is 2. The minimum absolute atomic E-state index is 0.0242. The molecule has 2 aromatic rings. The first kappa shape index (κ1) is 22.2. The average Bonchev–Trinajstić information content (AvgIpc) is 2.78. The average molecular weight is 426 g/mol. The van der Waals surface area contributed by atoms with E-state index in [1.165, 1.54) is 42.3 Å². The van der Waals surface area contributed by atoms with E-state index in [4.69, 9.17) is 0 Å². The van der Waals surface area contributed by atoms with Crippen LogP contribution in [0.25, 0.3) is 0 Å². The molecule has 0 atom stereocenters. The summed E-state index contributed by atoms with van der Waals surface area (Å²) in [5.74, 6) is 0.327. The number of para-hydroxylation sites is 1. The molecule has 1 saturated heterocycles. The second-order valence-corrected chi connectivity index (χ2v) is 8.93. The molecule has 0 saturated carbocycles. The van der Waals surface area contributed by atoms with Crippen LogP contribution in [0, 0.1) is 0 Å². The molecular formula is C24H31N3O2S. The number of rotatable bonds is 7. The third kappa shape index (κ3) is 5.57. The molecule has 0 aliphatic carbocycles. The van der Waals surface area contributed by atoms with Gasteiger partial charge in [0.1, 0.15) is 0 Å². The molecule has 1 aliphatic rings. The highest BCUT2D eigenvalue weighted by Crippen LogP contribution is 2.27. The van der Waals surface area contributed by atoms with Gasteiger partial charge >= 0.3 is 0 Å². The predicted octanol–water partition coefficient (Wildman–Crippen LogP) is 4.13. The van der Waals surface area contributed by atoms with Gasteiger partial charge < -0.3 is 14.7 Å². The molecule has 1 fully saturated rings. The number of benzene rings is 2. The molecule has 2 amide bonds. The van der Waals surface area contributed by atoms with E-state index in [1.807, 2.05) is 37.4 Å². The lowest BCUT2D eigenvalue weighted by Crippen LogP contribution is -2.32. The van der Waals surface area contributed by atoms with E-state index >= 15 is 0 Å². The van der Waals surface area contributed by atoms with Crippen molar-refractivity contribution in [1.82, 2.24) is 9.80 Å². The Hall–Kier alpha value is -2.47. The maximum atomic E-state index is 13.2. The van der Waals surface area contributed by atoms with Crippen LogP contribution in [0.3, 0.4) is 0 Å². The van der Waals surface area contributed by atoms with Crippen LogP contribution in [0.2, 0.25) is 0 Å². The Morgan fingerprint density at radius 3 is 2.33 bits per heavy atom. The normalized spacial score (nSPS) is 13.8. The molecule has 0 radical (unpaired) electrons. The largest absolute Gasteiger partial charge is 0.371 e. The fourth-order valence-corrected chi connectivity index (χ4v) is 4.68. The van der Waals surface area contributed by atoms with Crippen LogP contribution in [0.15, 0.2) is 53.4 Å². The van der Waals surface area contributed by atoms with E-state index < -0.39 is 0 Å². The van der Waals surface area contributed by atoms with Gasteiger partial charge in [-0.25, -0.2) is 0 Å². The van der Waals surface area contributed by atoms with Crippen LogP contribution < -0.4 is 4.90 Å². The molecular weight excluding hydrogens is 394 g/mol. The van der Waals surface area contributed by atoms with Gasteiger partial charge in [-0.05, 0) is 43.0 Å². The van der Waals surface area contributed by atoms with E-state index in [0.29, 0.717) is 17.9 Å². The maximum Gasteiger partial charge on any atom is 0.255 e. The first-order valence-corrected chi connectivity index (χ1v) is 11.5. The number of hydrogen-bond donors (Lipinski definition) is 0. The Morgan fingerprint density at radius 1 is 0.933 bits per heavy atom. The second-order valence-electron chi connectivity index (χ2n) is 7.91. The van der Waals surface area contributed by atoms with Crippen LogP contribution in [0.5, 0.6) is 0 Å². The highest BCUT2D eigenvalue weighted by atomic mass is 32.2. The molecule has 5 nitrogen and oxygen atoms in total. The van der Waals surface area contributed by atoms with Gasteiger partial charge in [-0.3, -0.25) is 9.59 Å². The van der Waals surface area contributed by atoms with Crippen molar-refractivity contribution in [2.75, 3.05) is 44.9 Å². The van der Waals surface area contributed by atoms with Crippen molar-refractivity contribution in [3.8, 4) is 0 Å². The summed E-state index contributed by atoms with van der Waals surface area (Å²) in [6.45, 7) is 2.71. The van der Waals surface area contributed by atoms with Crippen molar-refractivity contribution >= 4 is 29.3 Å². The molecule has 0 aromatic heterocycles. The summed E-state index contributed by atoms with van der Waals surface area (Å²) in [6, 6.07) is 15.9. The zero-order valence-electron chi connectivity index (χ0n) is 18.1. The van der Waals surface area contributed by atoms with E-state index in [9.17, 15) is 9.59 Å². The molecule has 1 aliphatic heterocycles. The summed E-state index contributed by atoms with van der Waals surface area (Å²) in [5, 5.41) is 0. The Labute approximate surface area is 184 Å². The summed E-state index contributed by atoms with van der Waals surface area (Å²) in [4.78, 5) is 31.8. The third-order valence-electron chi connectivity index (χ3n) is 5.41. The van der Waals surface area contributed by atoms with E-state index in [2.05, 4.69) is 23.1 Å². The first-order valence-electron chi connectivity index (χ1n) is 10.5. The standard InChI is InChI=1S/C24H31N3O2S/c1-25(2)23(28)18-30-22-14-8-6-12-20(22)24(29)26(3)17-19-11-5-7-13-21(19)27-15-9-4-10-16-27/h5-8,11-14H,4,9-10,15-18H2,1-3H3. The Morgan fingerprint density at radius 2 is 1.60 bits per heavy atom. The van der Waals surface area contributed by atoms with E-state index in [0.717, 1.165) is 18.0 Å². The number of piperidine rings is 1. The van der Waals surface area contributed by atoms with Crippen molar-refractivity contribution in [3.05, 3.63) is 59.7 Å². The fourth-order valence-electron chi connectivity index (χ4n) is 3.66. The molecule has 6 heteroatoms. The van der Waals surface area contributed by atoms with Gasteiger partial charge in [0, 0.05) is 51.4 Å². The van der Waals surface area contributed by atoms with Gasteiger partial charge in [0.25, 0.3) is 5.91 Å². The summed E-state index contributed by atoms with van der Waals surface area (Å²) < 4.78 is 0. The number of thioether (sulfide) groups is 1. The van der Waals surface area contributed by atoms with Crippen LogP contribution >= 0.6 is 11.8 Å². The quantitative estimate of drug-likeness (QED) is 0.626. The molecule has 3 rings (SSSR count). The van der Waals surface area contributed by atoms with E-state index in [-0.39, 0.29) is 11.8 Å². The molecule has 0 spiro atoms. The Kier molecular flexibility index (Phi) is 7.80. The van der Waals surface area contributed by atoms with Crippen LogP contribution in [-0.4, -0.2) is 61.6 Å². The fraction of sp³-hybridized carbons (Fsp3) is 0.417. The highest BCUT2D eigenvalue weighted by molar-refractivity contribution is 8.00. The second kappa shape index (κ2) is 10.5. The predicted molar refractivity (Wildman–Crippen MR) is 124 cm³/mol. The zero-order valence-corrected chi connectivity index (χ0v) is 19.0. The number of hydrogen-bond acceptors (Lipinski definition) is 4. The minimum Gasteiger partial charge on any atom is -0.371 e. The highest BCUT2D eigenvalue weighted by Gasteiger charge is 2.20. The first-order chi connectivity index (χ1) is 14.5. The molecule has 0 unspecified atom stereocenters. The number of anilines is 1. The molecule has 30 heavy (non-hydrogen) atoms. The van der Waals surface area contributed by atoms with Gasteiger partial charge in [0.2, 0.25) is 5.91 Å². The number of nitrogens with zero attached hydrogens (tertiary/aromatic N) is 3. The summed E-state index contributed by atoms with van der Waals surface area (Å²) >= 11 is 1.41. The molecule has 160 valence electrons. The van der Waals surface area contributed by atoms with Crippen LogP contribution in [-0.2, 0) is 11.3 Å². The topological polar surface area (TPSA) is 43.9 Å². The molecule has 0 N–H and O–H groups in total. The zero-order chi connectivity index (χ0) is 21.5. The van der Waals surface area contributed by atoms with Crippen molar-refractivity contribution in [1.29, 1.82) is 0 Å². The summed E-state index contributed by atoms with van der Waals surface area (Å²) in [6.07, 6.45) is 3.74. The SMILES string of the molecule is CN(C)C(=O)CSc1ccccc1C(=O)N(C)Cc1ccccc1N1CCCCC1. The monoisotopic (exact) mass is 425 g/mol. The van der Waals surface area contributed by atoms with Crippen molar-refractivity contribution in [2.24, 2.45) is 0 Å². The van der Waals surface area contributed by atoms with Gasteiger partial charge in [-0.1, -0.05) is 30.3 Å². The number of carbonyl (C=O) groups is 2. The number of carbonyl (C=O) groups excluding carboxylic acids is 2. The van der Waals surface area contributed by atoms with Gasteiger partial charge in [0.15, 0.2) is 0 Å². The molecule has 0 bridgehead atoms. The Bertz CT molecular complexity index is 878. The third-order valence-corrected chi connectivity index (χ3v) is 6.47. The smallest absolute Gasteiger partial charge is 0.255 e. The molecule has 1 heterocycles. The lowest BCUT2D eigenvalue weighted by molar-refractivity contribution is -0.125. The summed E-state index contributed by atoms with van der Waals surface area (Å²) in [7, 11) is 5.34. The van der Waals surface area contributed by atoms with Crippen molar-refractivity contribution < 1.29 is 9.59 Å². The summed E-state index contributed by atoms with van der Waals surface area (Å²) in [5.41, 5.74) is 3.05. The van der Waals surface area contributed by atoms with Gasteiger partial charge in [-0.2, -0.15) is 0 Å². The lowest BCUT2D eigenvalue weighted by atomic mass is 10.1. The van der Waals surface area contributed by atoms with Crippen LogP contribution in [0.4, 0.5) is 5.69 Å². The van der Waals surface area contributed by atoms with Gasteiger partial charge in [-0.15, -0.1) is 11.8 Å². The van der Waals surface area contributed by atoms with Crippen LogP contribution in [0.1, 0.15) is 35.2 Å². The van der Waals surface area contributed by atoms with Crippen molar-refractivity contribution in [3.63, 3.8) is 0 Å². The molecule has 2 aromatic carbocycles. The van der Waals surface area contributed by atoms with Crippen molar-refractivity contribution in [2.45, 2.75) is 30.7 Å². The minimum atomic E-state index is -0.0242. The van der Waals surface area contributed by atoms with E-state index in [1.54, 1.807) is 23.9 Å². The lowest BCUT2D eigenvalue weighted by Gasteiger charge is -2.31. The van der Waals surface area contributed by atoms with Gasteiger partial charge in [0.05, 0.1) is 11.3 Å². The Balaban J connectivity index is 1.73. The maximum absolute atomic E-state index is 13.2.